The number of cyclic esters (lactones) is 1. The first-order valence-corrected chi connectivity index (χ1v) is 10.4. The van der Waals surface area contributed by atoms with Gasteiger partial charge in [-0.25, -0.2) is 4.79 Å². The van der Waals surface area contributed by atoms with Gasteiger partial charge >= 0.3 is 12.1 Å². The number of fused-ring (bicyclic) bond motifs is 3. The molecule has 33 heavy (non-hydrogen) atoms. The Hall–Kier alpha value is -3.82. The fourth-order valence-corrected chi connectivity index (χ4v) is 5.03. The molecule has 1 aliphatic carbocycles. The molecule has 0 bridgehead atoms. The Morgan fingerprint density at radius 3 is 2.24 bits per heavy atom. The molecule has 1 fully saturated rings. The standard InChI is InChI=1S/C23H23NO9/c1-28-16-4-10(5-17(29-2)21(16)25)18-11-6-14-15(33-9-32-14)7-12(11)20(24-23(27)30-3)13-8-31-22(26)19(13)18/h4-7,13,18-20,25H,8-9H2,1-3H3,(H,24,27)/t13-,18+,19-,20+/m0/s1. The molecule has 1 amide bonds. The Morgan fingerprint density at radius 2 is 1.64 bits per heavy atom. The number of benzene rings is 2. The van der Waals surface area contributed by atoms with Crippen molar-refractivity contribution in [2.75, 3.05) is 34.7 Å². The lowest BCUT2D eigenvalue weighted by molar-refractivity contribution is -0.141. The minimum absolute atomic E-state index is 0.0771. The number of rotatable bonds is 4. The number of alkyl carbamates (subject to hydrolysis) is 1. The first-order valence-electron chi connectivity index (χ1n) is 10.4. The van der Waals surface area contributed by atoms with Crippen LogP contribution in [0.4, 0.5) is 4.79 Å². The van der Waals surface area contributed by atoms with E-state index in [1.54, 1.807) is 12.1 Å². The summed E-state index contributed by atoms with van der Waals surface area (Å²) in [5.41, 5.74) is 2.21. The van der Waals surface area contributed by atoms with Crippen molar-refractivity contribution < 1.29 is 43.1 Å². The molecule has 2 N–H and O–H groups in total. The first kappa shape index (κ1) is 21.0. The Morgan fingerprint density at radius 1 is 1.00 bits per heavy atom. The zero-order chi connectivity index (χ0) is 23.3. The lowest BCUT2D eigenvalue weighted by Gasteiger charge is -2.39. The minimum Gasteiger partial charge on any atom is -0.502 e. The van der Waals surface area contributed by atoms with Gasteiger partial charge in [-0.2, -0.15) is 0 Å². The number of nitrogens with one attached hydrogen (secondary N) is 1. The molecule has 0 aromatic heterocycles. The van der Waals surface area contributed by atoms with Gasteiger partial charge in [0.15, 0.2) is 23.0 Å². The number of aromatic hydroxyl groups is 1. The van der Waals surface area contributed by atoms with Crippen LogP contribution in [-0.2, 0) is 14.3 Å². The van der Waals surface area contributed by atoms with Gasteiger partial charge in [-0.1, -0.05) is 0 Å². The van der Waals surface area contributed by atoms with Crippen molar-refractivity contribution >= 4 is 12.1 Å². The van der Waals surface area contributed by atoms with E-state index >= 15 is 0 Å². The fourth-order valence-electron chi connectivity index (χ4n) is 5.03. The third kappa shape index (κ3) is 3.24. The highest BCUT2D eigenvalue weighted by molar-refractivity contribution is 5.79. The zero-order valence-corrected chi connectivity index (χ0v) is 18.2. The molecule has 5 rings (SSSR count). The van der Waals surface area contributed by atoms with Gasteiger partial charge in [0.05, 0.1) is 39.9 Å². The number of phenolic OH excluding ortho intramolecular Hbond substituents is 1. The average molecular weight is 457 g/mol. The molecule has 1 saturated heterocycles. The number of hydrogen-bond donors (Lipinski definition) is 2. The van der Waals surface area contributed by atoms with Gasteiger partial charge in [0.25, 0.3) is 0 Å². The summed E-state index contributed by atoms with van der Waals surface area (Å²) in [5.74, 6) is -0.453. The van der Waals surface area contributed by atoms with Gasteiger partial charge in [0, 0.05) is 11.8 Å². The summed E-state index contributed by atoms with van der Waals surface area (Å²) >= 11 is 0. The summed E-state index contributed by atoms with van der Waals surface area (Å²) in [7, 11) is 4.16. The highest BCUT2D eigenvalue weighted by Gasteiger charge is 2.53. The largest absolute Gasteiger partial charge is 0.502 e. The van der Waals surface area contributed by atoms with E-state index in [9.17, 15) is 14.7 Å². The molecule has 0 spiro atoms. The van der Waals surface area contributed by atoms with Crippen LogP contribution in [0.15, 0.2) is 24.3 Å². The molecule has 0 unspecified atom stereocenters. The Bertz CT molecular complexity index is 1110. The molecular weight excluding hydrogens is 434 g/mol. The van der Waals surface area contributed by atoms with E-state index in [0.29, 0.717) is 17.1 Å². The lowest BCUT2D eigenvalue weighted by atomic mass is 9.65. The summed E-state index contributed by atoms with van der Waals surface area (Å²) in [6, 6.07) is 6.44. The summed E-state index contributed by atoms with van der Waals surface area (Å²) in [6.45, 7) is 0.211. The van der Waals surface area contributed by atoms with Crippen LogP contribution in [0.2, 0.25) is 0 Å². The van der Waals surface area contributed by atoms with Crippen LogP contribution >= 0.6 is 0 Å². The second-order valence-electron chi connectivity index (χ2n) is 8.02. The van der Waals surface area contributed by atoms with Crippen LogP contribution in [0.3, 0.4) is 0 Å². The van der Waals surface area contributed by atoms with Gasteiger partial charge in [0.1, 0.15) is 0 Å². The molecule has 3 aliphatic rings. The number of ether oxygens (including phenoxy) is 6. The monoisotopic (exact) mass is 457 g/mol. The predicted molar refractivity (Wildman–Crippen MR) is 112 cm³/mol. The van der Waals surface area contributed by atoms with Crippen molar-refractivity contribution in [1.82, 2.24) is 5.32 Å². The van der Waals surface area contributed by atoms with Crippen molar-refractivity contribution in [1.29, 1.82) is 0 Å². The summed E-state index contributed by atoms with van der Waals surface area (Å²) in [5, 5.41) is 13.3. The van der Waals surface area contributed by atoms with E-state index in [-0.39, 0.29) is 42.5 Å². The van der Waals surface area contributed by atoms with Gasteiger partial charge in [0.2, 0.25) is 12.5 Å². The Labute approximate surface area is 189 Å². The van der Waals surface area contributed by atoms with Gasteiger partial charge < -0.3 is 38.8 Å². The number of esters is 1. The van der Waals surface area contributed by atoms with Crippen molar-refractivity contribution in [2.24, 2.45) is 11.8 Å². The number of carbonyl (C=O) groups excluding carboxylic acids is 2. The second kappa shape index (κ2) is 7.95. The SMILES string of the molecule is COC(=O)N[C@@H]1c2cc3c(cc2[C@@H](c2cc(OC)c(O)c(OC)c2)[C@H]2C(=O)OC[C@@H]21)OCO3. The minimum atomic E-state index is -0.617. The Balaban J connectivity index is 1.74. The summed E-state index contributed by atoms with van der Waals surface area (Å²) in [4.78, 5) is 25.2. The van der Waals surface area contributed by atoms with Gasteiger partial charge in [-0.15, -0.1) is 0 Å². The second-order valence-corrected chi connectivity index (χ2v) is 8.02. The van der Waals surface area contributed by atoms with Gasteiger partial charge in [-0.3, -0.25) is 4.79 Å². The highest BCUT2D eigenvalue weighted by Crippen LogP contribution is 2.55. The highest BCUT2D eigenvalue weighted by atomic mass is 16.7. The Kier molecular flexibility index (Phi) is 5.07. The van der Waals surface area contributed by atoms with Crippen molar-refractivity contribution in [3.63, 3.8) is 0 Å². The van der Waals surface area contributed by atoms with E-state index in [4.69, 9.17) is 28.4 Å². The maximum Gasteiger partial charge on any atom is 0.407 e. The molecule has 2 aromatic rings. The number of methoxy groups -OCH3 is 3. The molecule has 2 aromatic carbocycles. The van der Waals surface area contributed by atoms with Crippen LogP contribution in [0.5, 0.6) is 28.7 Å². The third-order valence-electron chi connectivity index (χ3n) is 6.51. The number of amides is 1. The fraction of sp³-hybridized carbons (Fsp3) is 0.391. The van der Waals surface area contributed by atoms with Crippen molar-refractivity contribution in [3.8, 4) is 28.7 Å². The number of phenols is 1. The molecule has 0 radical (unpaired) electrons. The molecule has 10 heteroatoms. The molecule has 4 atom stereocenters. The lowest BCUT2D eigenvalue weighted by Crippen LogP contribution is -2.42. The molecule has 2 heterocycles. The van der Waals surface area contributed by atoms with Crippen LogP contribution < -0.4 is 24.3 Å². The molecular formula is C23H23NO9. The first-order chi connectivity index (χ1) is 16.0. The summed E-state index contributed by atoms with van der Waals surface area (Å²) in [6.07, 6.45) is -0.617. The van der Waals surface area contributed by atoms with E-state index in [1.165, 1.54) is 21.3 Å². The van der Waals surface area contributed by atoms with Gasteiger partial charge in [-0.05, 0) is 41.0 Å². The topological polar surface area (TPSA) is 122 Å². The predicted octanol–water partition coefficient (Wildman–Crippen LogP) is 2.47. The molecule has 10 nitrogen and oxygen atoms in total. The van der Waals surface area contributed by atoms with Crippen LogP contribution in [-0.4, -0.2) is 51.9 Å². The van der Waals surface area contributed by atoms with Crippen LogP contribution in [0.1, 0.15) is 28.7 Å². The van der Waals surface area contributed by atoms with E-state index in [1.807, 2.05) is 12.1 Å². The maximum absolute atomic E-state index is 13.0. The van der Waals surface area contributed by atoms with Crippen LogP contribution in [0, 0.1) is 11.8 Å². The maximum atomic E-state index is 13.0. The third-order valence-corrected chi connectivity index (χ3v) is 6.51. The number of carbonyl (C=O) groups is 2. The summed E-state index contributed by atoms with van der Waals surface area (Å²) < 4.78 is 32.1. The average Bonchev–Trinajstić information content (AvgIpc) is 3.44. The van der Waals surface area contributed by atoms with Crippen molar-refractivity contribution in [2.45, 2.75) is 12.0 Å². The molecule has 2 aliphatic heterocycles. The quantitative estimate of drug-likeness (QED) is 0.667. The van der Waals surface area contributed by atoms with E-state index in [2.05, 4.69) is 5.32 Å². The van der Waals surface area contributed by atoms with Crippen LogP contribution in [0.25, 0.3) is 0 Å². The molecule has 0 saturated carbocycles. The zero-order valence-electron chi connectivity index (χ0n) is 18.2. The normalized spacial score (nSPS) is 24.4. The van der Waals surface area contributed by atoms with E-state index < -0.39 is 24.0 Å². The van der Waals surface area contributed by atoms with Crippen molar-refractivity contribution in [3.05, 3.63) is 41.0 Å². The smallest absolute Gasteiger partial charge is 0.407 e. The number of hydrogen-bond acceptors (Lipinski definition) is 9. The van der Waals surface area contributed by atoms with E-state index in [0.717, 1.165) is 11.1 Å². The molecule has 174 valence electrons.